The SMILES string of the molecule is CCC1CC(CC)C(C)=CC1=O. The Morgan fingerprint density at radius 2 is 1.92 bits per heavy atom. The highest BCUT2D eigenvalue weighted by atomic mass is 16.1. The van der Waals surface area contributed by atoms with E-state index in [0.717, 1.165) is 12.8 Å². The van der Waals surface area contributed by atoms with Crippen molar-refractivity contribution in [2.75, 3.05) is 0 Å². The molecule has 0 aromatic rings. The Labute approximate surface area is 74.9 Å². The Morgan fingerprint density at radius 1 is 1.33 bits per heavy atom. The largest absolute Gasteiger partial charge is 0.295 e. The van der Waals surface area contributed by atoms with E-state index in [1.54, 1.807) is 0 Å². The summed E-state index contributed by atoms with van der Waals surface area (Å²) in [6.45, 7) is 6.38. The number of ketones is 1. The number of hydrogen-bond donors (Lipinski definition) is 0. The van der Waals surface area contributed by atoms with Gasteiger partial charge >= 0.3 is 0 Å². The van der Waals surface area contributed by atoms with Gasteiger partial charge < -0.3 is 0 Å². The summed E-state index contributed by atoms with van der Waals surface area (Å²) in [5.74, 6) is 1.31. The van der Waals surface area contributed by atoms with Crippen molar-refractivity contribution in [3.05, 3.63) is 11.6 Å². The predicted octanol–water partition coefficient (Wildman–Crippen LogP) is 2.96. The fourth-order valence-electron chi connectivity index (χ4n) is 1.96. The number of rotatable bonds is 2. The number of carbonyl (C=O) groups excluding carboxylic acids is 1. The van der Waals surface area contributed by atoms with Gasteiger partial charge in [-0.05, 0) is 38.2 Å². The standard InChI is InChI=1S/C11H18O/c1-4-9-7-10(5-2)11(12)6-8(9)3/h6,9-10H,4-5,7H2,1-3H3. The first-order valence-electron chi connectivity index (χ1n) is 4.91. The molecule has 0 aliphatic heterocycles. The summed E-state index contributed by atoms with van der Waals surface area (Å²) in [5, 5.41) is 0. The van der Waals surface area contributed by atoms with Crippen molar-refractivity contribution in [3.8, 4) is 0 Å². The van der Waals surface area contributed by atoms with Gasteiger partial charge in [0.25, 0.3) is 0 Å². The lowest BCUT2D eigenvalue weighted by molar-refractivity contribution is -0.119. The molecule has 2 unspecified atom stereocenters. The average Bonchev–Trinajstić information content (AvgIpc) is 2.05. The molecule has 12 heavy (non-hydrogen) atoms. The molecule has 1 aliphatic rings. The van der Waals surface area contributed by atoms with Crippen LogP contribution in [0.1, 0.15) is 40.0 Å². The summed E-state index contributed by atoms with van der Waals surface area (Å²) in [5.41, 5.74) is 1.28. The summed E-state index contributed by atoms with van der Waals surface area (Å²) in [4.78, 5) is 11.4. The van der Waals surface area contributed by atoms with E-state index in [1.807, 2.05) is 6.08 Å². The van der Waals surface area contributed by atoms with Crippen molar-refractivity contribution < 1.29 is 4.79 Å². The zero-order chi connectivity index (χ0) is 9.14. The van der Waals surface area contributed by atoms with E-state index in [-0.39, 0.29) is 0 Å². The van der Waals surface area contributed by atoms with Crippen molar-refractivity contribution >= 4 is 5.78 Å². The topological polar surface area (TPSA) is 17.1 Å². The van der Waals surface area contributed by atoms with Crippen LogP contribution in [-0.4, -0.2) is 5.78 Å². The molecule has 0 saturated carbocycles. The monoisotopic (exact) mass is 166 g/mol. The van der Waals surface area contributed by atoms with Crippen molar-refractivity contribution in [1.29, 1.82) is 0 Å². The van der Waals surface area contributed by atoms with Crippen LogP contribution in [0, 0.1) is 11.8 Å². The lowest BCUT2D eigenvalue weighted by Crippen LogP contribution is -2.22. The van der Waals surface area contributed by atoms with E-state index in [4.69, 9.17) is 0 Å². The Hall–Kier alpha value is -0.590. The van der Waals surface area contributed by atoms with Gasteiger partial charge in [0, 0.05) is 5.92 Å². The smallest absolute Gasteiger partial charge is 0.158 e. The van der Waals surface area contributed by atoms with Crippen LogP contribution in [0.4, 0.5) is 0 Å². The van der Waals surface area contributed by atoms with Gasteiger partial charge in [-0.15, -0.1) is 0 Å². The van der Waals surface area contributed by atoms with Crippen molar-refractivity contribution in [1.82, 2.24) is 0 Å². The molecule has 0 bridgehead atoms. The van der Waals surface area contributed by atoms with E-state index in [1.165, 1.54) is 12.0 Å². The molecule has 1 heteroatoms. The minimum Gasteiger partial charge on any atom is -0.295 e. The van der Waals surface area contributed by atoms with E-state index < -0.39 is 0 Å². The molecule has 0 saturated heterocycles. The van der Waals surface area contributed by atoms with Gasteiger partial charge in [-0.25, -0.2) is 0 Å². The fraction of sp³-hybridized carbons (Fsp3) is 0.727. The molecule has 1 nitrogen and oxygen atoms in total. The summed E-state index contributed by atoms with van der Waals surface area (Å²) in [7, 11) is 0. The number of allylic oxidation sites excluding steroid dienone is 2. The molecule has 0 spiro atoms. The number of carbonyl (C=O) groups is 1. The molecule has 0 heterocycles. The maximum Gasteiger partial charge on any atom is 0.158 e. The zero-order valence-electron chi connectivity index (χ0n) is 8.26. The Kier molecular flexibility index (Phi) is 3.07. The van der Waals surface area contributed by atoms with E-state index in [0.29, 0.717) is 17.6 Å². The highest BCUT2D eigenvalue weighted by Crippen LogP contribution is 2.30. The Bertz CT molecular complexity index is 203. The third kappa shape index (κ3) is 1.77. The predicted molar refractivity (Wildman–Crippen MR) is 50.9 cm³/mol. The first kappa shape index (κ1) is 9.50. The van der Waals surface area contributed by atoms with Gasteiger partial charge in [-0.3, -0.25) is 4.79 Å². The van der Waals surface area contributed by atoms with Crippen LogP contribution in [0.5, 0.6) is 0 Å². The van der Waals surface area contributed by atoms with Crippen LogP contribution >= 0.6 is 0 Å². The maximum absolute atomic E-state index is 11.4. The zero-order valence-corrected chi connectivity index (χ0v) is 8.26. The fourth-order valence-corrected chi connectivity index (χ4v) is 1.96. The van der Waals surface area contributed by atoms with Gasteiger partial charge in [0.05, 0.1) is 0 Å². The molecule has 0 aromatic carbocycles. The number of hydrogen-bond acceptors (Lipinski definition) is 1. The molecule has 0 radical (unpaired) electrons. The quantitative estimate of drug-likeness (QED) is 0.616. The molecule has 68 valence electrons. The van der Waals surface area contributed by atoms with Crippen LogP contribution < -0.4 is 0 Å². The van der Waals surface area contributed by atoms with E-state index >= 15 is 0 Å². The first-order chi connectivity index (χ1) is 5.69. The van der Waals surface area contributed by atoms with Crippen molar-refractivity contribution in [2.45, 2.75) is 40.0 Å². The molecule has 1 rings (SSSR count). The van der Waals surface area contributed by atoms with Crippen LogP contribution in [-0.2, 0) is 4.79 Å². The Morgan fingerprint density at radius 3 is 2.42 bits per heavy atom. The van der Waals surface area contributed by atoms with Gasteiger partial charge in [-0.1, -0.05) is 19.4 Å². The molecular weight excluding hydrogens is 148 g/mol. The molecule has 2 atom stereocenters. The minimum atomic E-state index is 0.304. The molecule has 0 fully saturated rings. The van der Waals surface area contributed by atoms with Crippen LogP contribution in [0.2, 0.25) is 0 Å². The van der Waals surface area contributed by atoms with Gasteiger partial charge in [0.2, 0.25) is 0 Å². The molecule has 0 N–H and O–H groups in total. The lowest BCUT2D eigenvalue weighted by atomic mass is 9.79. The van der Waals surface area contributed by atoms with Gasteiger partial charge in [0.1, 0.15) is 0 Å². The third-order valence-corrected chi connectivity index (χ3v) is 2.97. The highest BCUT2D eigenvalue weighted by Gasteiger charge is 2.25. The Balaban J connectivity index is 2.75. The average molecular weight is 166 g/mol. The molecule has 0 amide bonds. The van der Waals surface area contributed by atoms with Gasteiger partial charge in [0.15, 0.2) is 5.78 Å². The van der Waals surface area contributed by atoms with Gasteiger partial charge in [-0.2, -0.15) is 0 Å². The normalized spacial score (nSPS) is 30.2. The highest BCUT2D eigenvalue weighted by molar-refractivity contribution is 5.93. The minimum absolute atomic E-state index is 0.304. The summed E-state index contributed by atoms with van der Waals surface area (Å²) >= 11 is 0. The summed E-state index contributed by atoms with van der Waals surface area (Å²) < 4.78 is 0. The molecule has 1 aliphatic carbocycles. The maximum atomic E-state index is 11.4. The molecule has 0 aromatic heterocycles. The summed E-state index contributed by atoms with van der Waals surface area (Å²) in [6, 6.07) is 0. The second-order valence-corrected chi connectivity index (χ2v) is 3.74. The second-order valence-electron chi connectivity index (χ2n) is 3.74. The van der Waals surface area contributed by atoms with Crippen LogP contribution in [0.3, 0.4) is 0 Å². The van der Waals surface area contributed by atoms with Crippen molar-refractivity contribution in [2.24, 2.45) is 11.8 Å². The van der Waals surface area contributed by atoms with Crippen molar-refractivity contribution in [3.63, 3.8) is 0 Å². The second kappa shape index (κ2) is 3.88. The van der Waals surface area contributed by atoms with E-state index in [9.17, 15) is 4.79 Å². The third-order valence-electron chi connectivity index (χ3n) is 2.97. The molecular formula is C11H18O. The first-order valence-corrected chi connectivity index (χ1v) is 4.91. The lowest BCUT2D eigenvalue weighted by Gasteiger charge is -2.25. The summed E-state index contributed by atoms with van der Waals surface area (Å²) in [6.07, 6.45) is 5.10. The van der Waals surface area contributed by atoms with Crippen LogP contribution in [0.15, 0.2) is 11.6 Å². The van der Waals surface area contributed by atoms with E-state index in [2.05, 4.69) is 20.8 Å². The van der Waals surface area contributed by atoms with Crippen LogP contribution in [0.25, 0.3) is 0 Å².